The molecule has 0 amide bonds. The van der Waals surface area contributed by atoms with E-state index in [9.17, 15) is 22.4 Å². The second-order valence-electron chi connectivity index (χ2n) is 3.93. The maximum Gasteiger partial charge on any atom is 0.416 e. The van der Waals surface area contributed by atoms with Gasteiger partial charge in [0.15, 0.2) is 0 Å². The molecular weight excluding hydrogens is 260 g/mol. The van der Waals surface area contributed by atoms with E-state index in [4.69, 9.17) is 0 Å². The van der Waals surface area contributed by atoms with E-state index in [-0.39, 0.29) is 5.56 Å². The fourth-order valence-electron chi connectivity index (χ4n) is 1.67. The van der Waals surface area contributed by atoms with Crippen molar-refractivity contribution >= 4 is 6.29 Å². The zero-order valence-corrected chi connectivity index (χ0v) is 9.54. The van der Waals surface area contributed by atoms with Gasteiger partial charge in [-0.25, -0.2) is 4.39 Å². The molecule has 1 nitrogen and oxygen atoms in total. The van der Waals surface area contributed by atoms with Gasteiger partial charge in [0.05, 0.1) is 5.56 Å². The molecule has 0 aromatic heterocycles. The van der Waals surface area contributed by atoms with Crippen LogP contribution in [0.25, 0.3) is 11.1 Å². The van der Waals surface area contributed by atoms with Gasteiger partial charge < -0.3 is 0 Å². The summed E-state index contributed by atoms with van der Waals surface area (Å²) in [5.74, 6) is -0.950. The van der Waals surface area contributed by atoms with Crippen LogP contribution in [-0.4, -0.2) is 6.29 Å². The van der Waals surface area contributed by atoms with Crippen LogP contribution in [0.15, 0.2) is 42.5 Å². The lowest BCUT2D eigenvalue weighted by atomic mass is 10.0. The Balaban J connectivity index is 2.42. The normalized spacial score (nSPS) is 11.4. The number of benzene rings is 2. The summed E-state index contributed by atoms with van der Waals surface area (Å²) in [5.41, 5.74) is -0.142. The molecule has 0 fully saturated rings. The SMILES string of the molecule is O=Cc1ccc(-c2ccc(C(F)(F)F)cc2F)cc1. The van der Waals surface area contributed by atoms with Crippen LogP contribution in [0.3, 0.4) is 0 Å². The number of halogens is 4. The van der Waals surface area contributed by atoms with Crippen LogP contribution < -0.4 is 0 Å². The fraction of sp³-hybridized carbons (Fsp3) is 0.0714. The van der Waals surface area contributed by atoms with Crippen molar-refractivity contribution in [2.75, 3.05) is 0 Å². The highest BCUT2D eigenvalue weighted by Gasteiger charge is 2.31. The summed E-state index contributed by atoms with van der Waals surface area (Å²) >= 11 is 0. The van der Waals surface area contributed by atoms with E-state index in [1.807, 2.05) is 0 Å². The zero-order valence-electron chi connectivity index (χ0n) is 9.54. The average molecular weight is 268 g/mol. The van der Waals surface area contributed by atoms with Gasteiger partial charge in [0.1, 0.15) is 12.1 Å². The van der Waals surface area contributed by atoms with Gasteiger partial charge >= 0.3 is 6.18 Å². The Bertz CT molecular complexity index is 600. The van der Waals surface area contributed by atoms with Crippen molar-refractivity contribution in [3.63, 3.8) is 0 Å². The first-order chi connectivity index (χ1) is 8.91. The summed E-state index contributed by atoms with van der Waals surface area (Å²) in [4.78, 5) is 10.5. The lowest BCUT2D eigenvalue weighted by Gasteiger charge is -2.09. The van der Waals surface area contributed by atoms with Gasteiger partial charge in [-0.05, 0) is 17.7 Å². The molecule has 0 aliphatic rings. The minimum atomic E-state index is -4.57. The molecule has 0 aliphatic carbocycles. The Hall–Kier alpha value is -2.17. The average Bonchev–Trinajstić information content (AvgIpc) is 2.38. The van der Waals surface area contributed by atoms with Crippen molar-refractivity contribution in [1.29, 1.82) is 0 Å². The molecule has 2 aromatic rings. The monoisotopic (exact) mass is 268 g/mol. The number of hydrogen-bond acceptors (Lipinski definition) is 1. The number of alkyl halides is 3. The van der Waals surface area contributed by atoms with Crippen LogP contribution in [0.5, 0.6) is 0 Å². The van der Waals surface area contributed by atoms with E-state index in [0.717, 1.165) is 12.1 Å². The largest absolute Gasteiger partial charge is 0.416 e. The van der Waals surface area contributed by atoms with Crippen molar-refractivity contribution in [2.24, 2.45) is 0 Å². The van der Waals surface area contributed by atoms with Gasteiger partial charge in [0.25, 0.3) is 0 Å². The summed E-state index contributed by atoms with van der Waals surface area (Å²) in [6, 6.07) is 8.27. The molecule has 0 saturated carbocycles. The van der Waals surface area contributed by atoms with E-state index in [2.05, 4.69) is 0 Å². The Kier molecular flexibility index (Phi) is 3.38. The summed E-state index contributed by atoms with van der Waals surface area (Å²) in [5, 5.41) is 0. The molecule has 0 N–H and O–H groups in total. The molecule has 0 heterocycles. The molecule has 0 aliphatic heterocycles. The second-order valence-corrected chi connectivity index (χ2v) is 3.93. The quantitative estimate of drug-likeness (QED) is 0.585. The summed E-state index contributed by atoms with van der Waals surface area (Å²) in [6.45, 7) is 0. The third-order valence-corrected chi connectivity index (χ3v) is 2.65. The first-order valence-corrected chi connectivity index (χ1v) is 5.34. The number of carbonyl (C=O) groups excluding carboxylic acids is 1. The molecular formula is C14H8F4O. The Morgan fingerprint density at radius 1 is 0.947 bits per heavy atom. The van der Waals surface area contributed by atoms with Crippen molar-refractivity contribution in [1.82, 2.24) is 0 Å². The number of rotatable bonds is 2. The van der Waals surface area contributed by atoms with Crippen molar-refractivity contribution in [2.45, 2.75) is 6.18 Å². The second kappa shape index (κ2) is 4.84. The van der Waals surface area contributed by atoms with E-state index in [1.165, 1.54) is 24.3 Å². The van der Waals surface area contributed by atoms with Crippen LogP contribution in [0.4, 0.5) is 17.6 Å². The molecule has 98 valence electrons. The van der Waals surface area contributed by atoms with Gasteiger partial charge in [0, 0.05) is 11.1 Å². The maximum absolute atomic E-state index is 13.7. The molecule has 0 radical (unpaired) electrons. The number of hydrogen-bond donors (Lipinski definition) is 0. The van der Waals surface area contributed by atoms with E-state index in [0.29, 0.717) is 23.5 Å². The lowest BCUT2D eigenvalue weighted by Crippen LogP contribution is -2.05. The highest BCUT2D eigenvalue weighted by atomic mass is 19.4. The predicted octanol–water partition coefficient (Wildman–Crippen LogP) is 4.32. The van der Waals surface area contributed by atoms with Crippen molar-refractivity contribution in [3.05, 3.63) is 59.4 Å². The van der Waals surface area contributed by atoms with Crippen molar-refractivity contribution < 1.29 is 22.4 Å². The highest BCUT2D eigenvalue weighted by molar-refractivity contribution is 5.77. The predicted molar refractivity (Wildman–Crippen MR) is 62.2 cm³/mol. The third kappa shape index (κ3) is 2.81. The highest BCUT2D eigenvalue weighted by Crippen LogP contribution is 2.32. The van der Waals surface area contributed by atoms with Gasteiger partial charge in [-0.2, -0.15) is 13.2 Å². The summed E-state index contributed by atoms with van der Waals surface area (Å²) < 4.78 is 50.9. The summed E-state index contributed by atoms with van der Waals surface area (Å²) in [7, 11) is 0. The van der Waals surface area contributed by atoms with Crippen LogP contribution in [-0.2, 0) is 6.18 Å². The first-order valence-electron chi connectivity index (χ1n) is 5.34. The standard InChI is InChI=1S/C14H8F4O/c15-13-7-11(14(16,17)18)5-6-12(13)10-3-1-9(8-19)2-4-10/h1-8H. The van der Waals surface area contributed by atoms with Crippen LogP contribution in [0.2, 0.25) is 0 Å². The Morgan fingerprint density at radius 2 is 1.58 bits per heavy atom. The number of carbonyl (C=O) groups is 1. The smallest absolute Gasteiger partial charge is 0.298 e. The van der Waals surface area contributed by atoms with E-state index in [1.54, 1.807) is 0 Å². The third-order valence-electron chi connectivity index (χ3n) is 2.65. The molecule has 2 aromatic carbocycles. The minimum Gasteiger partial charge on any atom is -0.298 e. The molecule has 0 atom stereocenters. The summed E-state index contributed by atoms with van der Waals surface area (Å²) in [6.07, 6.45) is -3.94. The molecule has 2 rings (SSSR count). The Labute approximate surface area is 106 Å². The van der Waals surface area contributed by atoms with Gasteiger partial charge in [0.2, 0.25) is 0 Å². The van der Waals surface area contributed by atoms with Crippen LogP contribution in [0.1, 0.15) is 15.9 Å². The molecule has 0 spiro atoms. The fourth-order valence-corrected chi connectivity index (χ4v) is 1.67. The molecule has 0 saturated heterocycles. The van der Waals surface area contributed by atoms with E-state index >= 15 is 0 Å². The van der Waals surface area contributed by atoms with Crippen LogP contribution >= 0.6 is 0 Å². The van der Waals surface area contributed by atoms with Crippen molar-refractivity contribution in [3.8, 4) is 11.1 Å². The van der Waals surface area contributed by atoms with E-state index < -0.39 is 17.6 Å². The minimum absolute atomic E-state index is 0.0606. The lowest BCUT2D eigenvalue weighted by molar-refractivity contribution is -0.137. The molecule has 19 heavy (non-hydrogen) atoms. The first kappa shape index (κ1) is 13.3. The molecule has 5 heteroatoms. The molecule has 0 bridgehead atoms. The van der Waals surface area contributed by atoms with Gasteiger partial charge in [-0.1, -0.05) is 30.3 Å². The number of aldehydes is 1. The zero-order chi connectivity index (χ0) is 14.0. The van der Waals surface area contributed by atoms with Gasteiger partial charge in [-0.15, -0.1) is 0 Å². The van der Waals surface area contributed by atoms with Crippen LogP contribution in [0, 0.1) is 5.82 Å². The topological polar surface area (TPSA) is 17.1 Å². The maximum atomic E-state index is 13.7. The molecule has 0 unspecified atom stereocenters. The Morgan fingerprint density at radius 3 is 2.05 bits per heavy atom. The van der Waals surface area contributed by atoms with Gasteiger partial charge in [-0.3, -0.25) is 4.79 Å².